The van der Waals surface area contributed by atoms with E-state index in [1.54, 1.807) is 23.2 Å². The number of nitrogens with zero attached hydrogens (tertiary/aromatic N) is 2. The third-order valence-electron chi connectivity index (χ3n) is 6.21. The lowest BCUT2D eigenvalue weighted by atomic mass is 9.80. The number of hydrogen-bond acceptors (Lipinski definition) is 7. The van der Waals surface area contributed by atoms with Gasteiger partial charge in [0.1, 0.15) is 17.0 Å². The van der Waals surface area contributed by atoms with Crippen LogP contribution in [0.1, 0.15) is 44.7 Å². The molecule has 1 aromatic carbocycles. The fraction of sp³-hybridized carbons (Fsp3) is 0.520. The maximum atomic E-state index is 12.4. The van der Waals surface area contributed by atoms with Crippen molar-refractivity contribution in [1.29, 1.82) is 0 Å². The Balaban J connectivity index is 1.46. The molecule has 0 aliphatic carbocycles. The molecule has 1 aromatic heterocycles. The van der Waals surface area contributed by atoms with Crippen molar-refractivity contribution in [1.82, 2.24) is 9.88 Å². The van der Waals surface area contributed by atoms with E-state index in [0.29, 0.717) is 37.9 Å². The molecule has 1 unspecified atom stereocenters. The molecule has 4 rings (SSSR count). The number of hydrogen-bond donors (Lipinski definition) is 1. The number of amides is 1. The van der Waals surface area contributed by atoms with E-state index in [9.17, 15) is 18.3 Å². The molecule has 0 saturated carbocycles. The summed E-state index contributed by atoms with van der Waals surface area (Å²) in [6.07, 6.45) is 3.24. The summed E-state index contributed by atoms with van der Waals surface area (Å²) in [5.41, 5.74) is 1.86. The minimum absolute atomic E-state index is 0.0437. The van der Waals surface area contributed by atoms with Crippen LogP contribution >= 0.6 is 0 Å². The highest BCUT2D eigenvalue weighted by molar-refractivity contribution is 7.89. The fourth-order valence-corrected chi connectivity index (χ4v) is 5.27. The Morgan fingerprint density at radius 2 is 1.94 bits per heavy atom. The molecule has 34 heavy (non-hydrogen) atoms. The third-order valence-corrected chi connectivity index (χ3v) is 7.06. The number of carbonyl (C=O) groups is 1. The molecule has 0 radical (unpaired) electrons. The van der Waals surface area contributed by atoms with Crippen LogP contribution in [0.5, 0.6) is 5.75 Å². The van der Waals surface area contributed by atoms with Gasteiger partial charge in [-0.25, -0.2) is 13.2 Å². The standard InChI is InChI=1S/C25H32N2O6S/c1-24(2,3)33-23(29)27-11-9-25(10-12-27)22(28)14-19-13-18(6-8-21(19)32-25)20-7-5-17(15-26-20)16-34(4,30)31/h5-8,13,15,22,28H,9-12,14,16H2,1-4H3. The van der Waals surface area contributed by atoms with Crippen LogP contribution in [0.25, 0.3) is 11.3 Å². The van der Waals surface area contributed by atoms with Crippen LogP contribution < -0.4 is 4.74 Å². The summed E-state index contributed by atoms with van der Waals surface area (Å²) in [5.74, 6) is 0.686. The van der Waals surface area contributed by atoms with Gasteiger partial charge in [-0.1, -0.05) is 6.07 Å². The van der Waals surface area contributed by atoms with Crippen LogP contribution in [0.4, 0.5) is 4.79 Å². The van der Waals surface area contributed by atoms with Gasteiger partial charge in [-0.3, -0.25) is 4.98 Å². The maximum absolute atomic E-state index is 12.4. The van der Waals surface area contributed by atoms with Gasteiger partial charge in [-0.05, 0) is 56.2 Å². The van der Waals surface area contributed by atoms with E-state index < -0.39 is 27.1 Å². The zero-order valence-electron chi connectivity index (χ0n) is 20.1. The Hall–Kier alpha value is -2.65. The van der Waals surface area contributed by atoms with Crippen molar-refractivity contribution in [2.75, 3.05) is 19.3 Å². The number of aliphatic hydroxyl groups excluding tert-OH is 1. The normalized spacial score (nSPS) is 19.9. The van der Waals surface area contributed by atoms with Crippen molar-refractivity contribution in [2.45, 2.75) is 63.1 Å². The van der Waals surface area contributed by atoms with Gasteiger partial charge < -0.3 is 19.5 Å². The molecule has 1 atom stereocenters. The lowest BCUT2D eigenvalue weighted by Gasteiger charge is -2.47. The molecular formula is C25H32N2O6S. The number of likely N-dealkylation sites (tertiary alicyclic amines) is 1. The van der Waals surface area contributed by atoms with Crippen molar-refractivity contribution in [2.24, 2.45) is 0 Å². The third kappa shape index (κ3) is 5.52. The van der Waals surface area contributed by atoms with Gasteiger partial charge >= 0.3 is 6.09 Å². The smallest absolute Gasteiger partial charge is 0.410 e. The molecule has 0 bridgehead atoms. The van der Waals surface area contributed by atoms with Gasteiger partial charge in [0.2, 0.25) is 0 Å². The number of sulfone groups is 1. The van der Waals surface area contributed by atoms with E-state index in [0.717, 1.165) is 22.6 Å². The van der Waals surface area contributed by atoms with Crippen LogP contribution in [0.2, 0.25) is 0 Å². The van der Waals surface area contributed by atoms with E-state index in [2.05, 4.69) is 4.98 Å². The van der Waals surface area contributed by atoms with Crippen LogP contribution in [-0.4, -0.2) is 66.2 Å². The first kappa shape index (κ1) is 24.5. The topological polar surface area (TPSA) is 106 Å². The van der Waals surface area contributed by atoms with Gasteiger partial charge in [-0.15, -0.1) is 0 Å². The number of benzene rings is 1. The molecule has 9 heteroatoms. The summed E-state index contributed by atoms with van der Waals surface area (Å²) in [6, 6.07) is 9.33. The van der Waals surface area contributed by atoms with Gasteiger partial charge in [-0.2, -0.15) is 0 Å². The second-order valence-corrected chi connectivity index (χ2v) is 12.4. The van der Waals surface area contributed by atoms with E-state index >= 15 is 0 Å². The molecule has 3 heterocycles. The second-order valence-electron chi connectivity index (χ2n) is 10.3. The summed E-state index contributed by atoms with van der Waals surface area (Å²) in [6.45, 7) is 6.45. The number of aliphatic hydroxyl groups is 1. The second kappa shape index (κ2) is 8.85. The lowest BCUT2D eigenvalue weighted by Crippen LogP contribution is -2.58. The van der Waals surface area contributed by atoms with Crippen molar-refractivity contribution in [3.05, 3.63) is 47.7 Å². The Morgan fingerprint density at radius 1 is 1.24 bits per heavy atom. The van der Waals surface area contributed by atoms with Crippen LogP contribution in [-0.2, 0) is 26.7 Å². The molecule has 1 saturated heterocycles. The molecule has 184 valence electrons. The van der Waals surface area contributed by atoms with Gasteiger partial charge in [0.15, 0.2) is 9.84 Å². The monoisotopic (exact) mass is 488 g/mol. The minimum Gasteiger partial charge on any atom is -0.484 e. The highest BCUT2D eigenvalue weighted by Crippen LogP contribution is 2.41. The first-order valence-electron chi connectivity index (χ1n) is 11.4. The molecule has 1 spiro atoms. The Morgan fingerprint density at radius 3 is 2.53 bits per heavy atom. The predicted octanol–water partition coefficient (Wildman–Crippen LogP) is 3.36. The van der Waals surface area contributed by atoms with E-state index in [-0.39, 0.29) is 11.8 Å². The number of pyridine rings is 1. The number of carbonyl (C=O) groups excluding carboxylic acids is 1. The molecule has 2 aliphatic heterocycles. The molecule has 8 nitrogen and oxygen atoms in total. The number of piperidine rings is 1. The van der Waals surface area contributed by atoms with Crippen LogP contribution in [0, 0.1) is 0 Å². The number of fused-ring (bicyclic) bond motifs is 1. The Bertz CT molecular complexity index is 1160. The average molecular weight is 489 g/mol. The fourth-order valence-electron chi connectivity index (χ4n) is 4.49. The summed E-state index contributed by atoms with van der Waals surface area (Å²) >= 11 is 0. The number of aromatic nitrogens is 1. The van der Waals surface area contributed by atoms with Crippen LogP contribution in [0.3, 0.4) is 0 Å². The van der Waals surface area contributed by atoms with Gasteiger partial charge in [0, 0.05) is 50.4 Å². The number of rotatable bonds is 3. The predicted molar refractivity (Wildman–Crippen MR) is 128 cm³/mol. The lowest BCUT2D eigenvalue weighted by molar-refractivity contribution is -0.0999. The van der Waals surface area contributed by atoms with Gasteiger partial charge in [0.25, 0.3) is 0 Å². The molecular weight excluding hydrogens is 456 g/mol. The molecule has 1 amide bonds. The van der Waals surface area contributed by atoms with E-state index in [1.807, 2.05) is 39.0 Å². The summed E-state index contributed by atoms with van der Waals surface area (Å²) in [7, 11) is -3.12. The molecule has 2 aromatic rings. The SMILES string of the molecule is CC(C)(C)OC(=O)N1CCC2(CC1)Oc1ccc(-c3ccc(CS(C)(=O)=O)cn3)cc1CC2O. The zero-order chi connectivity index (χ0) is 24.7. The van der Waals surface area contributed by atoms with Gasteiger partial charge in [0.05, 0.1) is 17.6 Å². The van der Waals surface area contributed by atoms with Crippen molar-refractivity contribution in [3.63, 3.8) is 0 Å². The summed E-state index contributed by atoms with van der Waals surface area (Å²) < 4.78 is 34.8. The van der Waals surface area contributed by atoms with Crippen molar-refractivity contribution < 1.29 is 27.8 Å². The number of ether oxygens (including phenoxy) is 2. The first-order valence-corrected chi connectivity index (χ1v) is 13.5. The van der Waals surface area contributed by atoms with Crippen molar-refractivity contribution >= 4 is 15.9 Å². The van der Waals surface area contributed by atoms with Crippen molar-refractivity contribution in [3.8, 4) is 17.0 Å². The minimum atomic E-state index is -3.12. The Kier molecular flexibility index (Phi) is 6.37. The average Bonchev–Trinajstić information content (AvgIpc) is 2.73. The largest absolute Gasteiger partial charge is 0.484 e. The summed E-state index contributed by atoms with van der Waals surface area (Å²) in [4.78, 5) is 18.5. The molecule has 1 N–H and O–H groups in total. The summed E-state index contributed by atoms with van der Waals surface area (Å²) in [5, 5.41) is 11.0. The highest BCUT2D eigenvalue weighted by Gasteiger charge is 2.47. The quantitative estimate of drug-likeness (QED) is 0.706. The molecule has 2 aliphatic rings. The van der Waals surface area contributed by atoms with Crippen LogP contribution in [0.15, 0.2) is 36.5 Å². The molecule has 1 fully saturated rings. The zero-order valence-corrected chi connectivity index (χ0v) is 20.9. The maximum Gasteiger partial charge on any atom is 0.410 e. The van der Waals surface area contributed by atoms with E-state index in [1.165, 1.54) is 6.26 Å². The highest BCUT2D eigenvalue weighted by atomic mass is 32.2. The van der Waals surface area contributed by atoms with E-state index in [4.69, 9.17) is 9.47 Å². The Labute approximate surface area is 200 Å². The first-order chi connectivity index (χ1) is 15.8.